The number of anilines is 1. The molecule has 0 aliphatic heterocycles. The molecule has 0 bridgehead atoms. The zero-order chi connectivity index (χ0) is 15.7. The largest absolute Gasteiger partial charge is 0.383 e. The van der Waals surface area contributed by atoms with Crippen LogP contribution in [0.2, 0.25) is 0 Å². The van der Waals surface area contributed by atoms with Crippen molar-refractivity contribution in [3.63, 3.8) is 0 Å². The highest BCUT2D eigenvalue weighted by Crippen LogP contribution is 2.13. The Morgan fingerprint density at radius 1 is 1.19 bits per heavy atom. The molecule has 0 aromatic heterocycles. The monoisotopic (exact) mass is 322 g/mol. The van der Waals surface area contributed by atoms with Crippen LogP contribution in [0.1, 0.15) is 13.3 Å². The fourth-order valence-electron chi connectivity index (χ4n) is 1.51. The van der Waals surface area contributed by atoms with E-state index in [2.05, 4.69) is 10.0 Å². The van der Waals surface area contributed by atoms with Gasteiger partial charge in [0.1, 0.15) is 6.61 Å². The van der Waals surface area contributed by atoms with Crippen molar-refractivity contribution in [1.82, 2.24) is 4.72 Å². The minimum atomic E-state index is -3.46. The van der Waals surface area contributed by atoms with Crippen LogP contribution in [-0.4, -0.2) is 41.1 Å². The van der Waals surface area contributed by atoms with E-state index in [4.69, 9.17) is 4.74 Å². The number of nitrogens with one attached hydrogen (secondary N) is 2. The highest BCUT2D eigenvalue weighted by Gasteiger charge is 2.12. The number of hydrogen-bond acceptors (Lipinski definition) is 4. The molecule has 1 rings (SSSR count). The molecule has 0 unspecified atom stereocenters. The zero-order valence-corrected chi connectivity index (χ0v) is 12.6. The van der Waals surface area contributed by atoms with Gasteiger partial charge in [0.25, 0.3) is 6.43 Å². The van der Waals surface area contributed by atoms with Crippen LogP contribution in [0.3, 0.4) is 0 Å². The van der Waals surface area contributed by atoms with Crippen LogP contribution in [0.15, 0.2) is 29.2 Å². The first-order chi connectivity index (χ1) is 9.95. The van der Waals surface area contributed by atoms with Gasteiger partial charge in [-0.05, 0) is 30.7 Å². The number of rotatable bonds is 10. The van der Waals surface area contributed by atoms with Crippen LogP contribution in [-0.2, 0) is 14.8 Å². The molecule has 0 aliphatic carbocycles. The molecule has 0 saturated carbocycles. The molecular weight excluding hydrogens is 302 g/mol. The third-order valence-electron chi connectivity index (χ3n) is 2.53. The summed E-state index contributed by atoms with van der Waals surface area (Å²) in [7, 11) is -3.46. The van der Waals surface area contributed by atoms with Gasteiger partial charge in [0.15, 0.2) is 0 Å². The molecule has 5 nitrogen and oxygen atoms in total. The Kier molecular flexibility index (Phi) is 7.55. The van der Waals surface area contributed by atoms with Gasteiger partial charge in [-0.2, -0.15) is 0 Å². The number of hydrogen-bond donors (Lipinski definition) is 2. The number of halogens is 2. The lowest BCUT2D eigenvalue weighted by atomic mass is 10.3. The van der Waals surface area contributed by atoms with E-state index in [-0.39, 0.29) is 11.5 Å². The molecule has 2 N–H and O–H groups in total. The van der Waals surface area contributed by atoms with Gasteiger partial charge in [-0.3, -0.25) is 0 Å². The summed E-state index contributed by atoms with van der Waals surface area (Å²) in [6.07, 6.45) is -1.75. The Bertz CT molecular complexity index is 507. The molecule has 1 aromatic carbocycles. The summed E-state index contributed by atoms with van der Waals surface area (Å²) in [4.78, 5) is 0.190. The standard InChI is InChI=1S/C13H20F2N2O3S/c1-2-7-17-21(18,19)12-5-3-11(4-6-12)16-8-9-20-10-13(14)15/h3-6,13,16-17H,2,7-10H2,1H3. The fourth-order valence-corrected chi connectivity index (χ4v) is 2.65. The summed E-state index contributed by atoms with van der Waals surface area (Å²) < 4.78 is 54.5. The van der Waals surface area contributed by atoms with E-state index >= 15 is 0 Å². The van der Waals surface area contributed by atoms with E-state index < -0.39 is 23.1 Å². The highest BCUT2D eigenvalue weighted by atomic mass is 32.2. The first kappa shape index (κ1) is 17.8. The van der Waals surface area contributed by atoms with E-state index in [0.717, 1.165) is 6.42 Å². The Labute approximate surface area is 123 Å². The quantitative estimate of drug-likeness (QED) is 0.647. The second-order valence-electron chi connectivity index (χ2n) is 4.31. The lowest BCUT2D eigenvalue weighted by molar-refractivity contribution is 0.0215. The van der Waals surface area contributed by atoms with E-state index in [1.54, 1.807) is 12.1 Å². The van der Waals surface area contributed by atoms with Gasteiger partial charge in [-0.15, -0.1) is 0 Å². The number of sulfonamides is 1. The van der Waals surface area contributed by atoms with E-state index in [1.165, 1.54) is 12.1 Å². The van der Waals surface area contributed by atoms with Crippen LogP contribution < -0.4 is 10.0 Å². The zero-order valence-electron chi connectivity index (χ0n) is 11.8. The Morgan fingerprint density at radius 3 is 2.43 bits per heavy atom. The average molecular weight is 322 g/mol. The Balaban J connectivity index is 2.43. The van der Waals surface area contributed by atoms with Gasteiger partial charge in [-0.1, -0.05) is 6.92 Å². The summed E-state index contributed by atoms with van der Waals surface area (Å²) in [6, 6.07) is 6.21. The van der Waals surface area contributed by atoms with E-state index in [0.29, 0.717) is 18.8 Å². The van der Waals surface area contributed by atoms with Gasteiger partial charge in [0, 0.05) is 18.8 Å². The van der Waals surface area contributed by atoms with Crippen LogP contribution in [0.25, 0.3) is 0 Å². The summed E-state index contributed by atoms with van der Waals surface area (Å²) in [6.45, 7) is 2.22. The van der Waals surface area contributed by atoms with Gasteiger partial charge >= 0.3 is 0 Å². The van der Waals surface area contributed by atoms with Crippen molar-refractivity contribution in [3.05, 3.63) is 24.3 Å². The minimum absolute atomic E-state index is 0.155. The molecule has 0 radical (unpaired) electrons. The van der Waals surface area contributed by atoms with Crippen LogP contribution in [0, 0.1) is 0 Å². The molecule has 0 spiro atoms. The predicted octanol–water partition coefficient (Wildman–Crippen LogP) is 2.07. The average Bonchev–Trinajstić information content (AvgIpc) is 2.45. The molecule has 0 atom stereocenters. The first-order valence-corrected chi connectivity index (χ1v) is 8.13. The molecule has 1 aromatic rings. The normalized spacial score (nSPS) is 11.8. The smallest absolute Gasteiger partial charge is 0.261 e. The van der Waals surface area contributed by atoms with Crippen molar-refractivity contribution < 1.29 is 21.9 Å². The molecule has 0 amide bonds. The fraction of sp³-hybridized carbons (Fsp3) is 0.538. The molecule has 0 fully saturated rings. The highest BCUT2D eigenvalue weighted by molar-refractivity contribution is 7.89. The summed E-state index contributed by atoms with van der Waals surface area (Å²) >= 11 is 0. The number of benzene rings is 1. The van der Waals surface area contributed by atoms with Gasteiger partial charge in [0.2, 0.25) is 10.0 Å². The summed E-state index contributed by atoms with van der Waals surface area (Å²) in [5.41, 5.74) is 0.699. The SMILES string of the molecule is CCCNS(=O)(=O)c1ccc(NCCOCC(F)F)cc1. The lowest BCUT2D eigenvalue weighted by Crippen LogP contribution is -2.24. The lowest BCUT2D eigenvalue weighted by Gasteiger charge is -2.09. The minimum Gasteiger partial charge on any atom is -0.383 e. The maximum Gasteiger partial charge on any atom is 0.261 e. The Morgan fingerprint density at radius 2 is 1.86 bits per heavy atom. The third kappa shape index (κ3) is 6.83. The van der Waals surface area contributed by atoms with Crippen molar-refractivity contribution in [2.45, 2.75) is 24.7 Å². The number of ether oxygens (including phenoxy) is 1. The van der Waals surface area contributed by atoms with Gasteiger partial charge in [0.05, 0.1) is 11.5 Å². The van der Waals surface area contributed by atoms with E-state index in [9.17, 15) is 17.2 Å². The van der Waals surface area contributed by atoms with Gasteiger partial charge < -0.3 is 10.1 Å². The van der Waals surface area contributed by atoms with Crippen molar-refractivity contribution in [2.75, 3.05) is 31.6 Å². The second-order valence-corrected chi connectivity index (χ2v) is 6.08. The molecule has 8 heteroatoms. The first-order valence-electron chi connectivity index (χ1n) is 6.65. The molecule has 0 saturated heterocycles. The summed E-state index contributed by atoms with van der Waals surface area (Å²) in [5.74, 6) is 0. The maximum absolute atomic E-state index is 11.8. The van der Waals surface area contributed by atoms with Crippen LogP contribution in [0.5, 0.6) is 0 Å². The molecule has 120 valence electrons. The van der Waals surface area contributed by atoms with Crippen molar-refractivity contribution in [1.29, 1.82) is 0 Å². The van der Waals surface area contributed by atoms with Crippen molar-refractivity contribution in [3.8, 4) is 0 Å². The topological polar surface area (TPSA) is 67.4 Å². The molecule has 0 heterocycles. The second kappa shape index (κ2) is 8.91. The van der Waals surface area contributed by atoms with Crippen molar-refractivity contribution in [2.24, 2.45) is 0 Å². The molecule has 21 heavy (non-hydrogen) atoms. The van der Waals surface area contributed by atoms with Crippen LogP contribution in [0.4, 0.5) is 14.5 Å². The van der Waals surface area contributed by atoms with Crippen LogP contribution >= 0.6 is 0 Å². The number of alkyl halides is 2. The maximum atomic E-state index is 11.8. The summed E-state index contributed by atoms with van der Waals surface area (Å²) in [5, 5.41) is 2.96. The third-order valence-corrected chi connectivity index (χ3v) is 4.00. The van der Waals surface area contributed by atoms with E-state index in [1.807, 2.05) is 6.92 Å². The van der Waals surface area contributed by atoms with Gasteiger partial charge in [-0.25, -0.2) is 21.9 Å². The molecule has 0 aliphatic rings. The Hall–Kier alpha value is -1.25. The predicted molar refractivity (Wildman–Crippen MR) is 77.2 cm³/mol. The van der Waals surface area contributed by atoms with Crippen molar-refractivity contribution >= 4 is 15.7 Å². The molecular formula is C13H20F2N2O3S.